The van der Waals surface area contributed by atoms with Crippen molar-refractivity contribution in [3.63, 3.8) is 0 Å². The van der Waals surface area contributed by atoms with Crippen LogP contribution in [-0.4, -0.2) is 35.4 Å². The van der Waals surface area contributed by atoms with Crippen molar-refractivity contribution in [3.05, 3.63) is 0 Å². The number of hydrogen-bond acceptors (Lipinski definition) is 6. The Labute approximate surface area is 134 Å². The zero-order chi connectivity index (χ0) is 16.9. The van der Waals surface area contributed by atoms with Crippen LogP contribution < -0.4 is 10.6 Å². The van der Waals surface area contributed by atoms with Gasteiger partial charge in [0, 0.05) is 6.42 Å². The third-order valence-corrected chi connectivity index (χ3v) is 3.97. The zero-order valence-electron chi connectivity index (χ0n) is 12.8. The van der Waals surface area contributed by atoms with Gasteiger partial charge in [-0.15, -0.1) is 0 Å². The first-order valence-corrected chi connectivity index (χ1v) is 7.43. The molecule has 2 N–H and O–H groups in total. The molecule has 22 heavy (non-hydrogen) atoms. The minimum atomic E-state index is -1.79. The maximum atomic E-state index is 12.4. The number of ether oxygens (including phenoxy) is 1. The van der Waals surface area contributed by atoms with Crippen molar-refractivity contribution in [1.29, 1.82) is 5.26 Å². The van der Waals surface area contributed by atoms with Crippen molar-refractivity contribution in [3.8, 4) is 6.07 Å². The van der Waals surface area contributed by atoms with E-state index in [-0.39, 0.29) is 23.7 Å². The van der Waals surface area contributed by atoms with E-state index in [9.17, 15) is 19.6 Å². The largest absolute Gasteiger partial charge is 0.467 e. The van der Waals surface area contributed by atoms with Crippen molar-refractivity contribution < 1.29 is 19.1 Å². The number of Topliss-reactive ketones (excluding diaryl/α,β-unsaturated/α-hetero) is 1. The Morgan fingerprint density at radius 1 is 1.50 bits per heavy atom. The first-order chi connectivity index (χ1) is 10.4. The molecule has 0 aromatic rings. The summed E-state index contributed by atoms with van der Waals surface area (Å²) in [7, 11) is 1.15. The lowest BCUT2D eigenvalue weighted by Gasteiger charge is -2.43. The van der Waals surface area contributed by atoms with Crippen LogP contribution in [0.3, 0.4) is 0 Å². The van der Waals surface area contributed by atoms with Crippen LogP contribution >= 0.6 is 12.2 Å². The van der Waals surface area contributed by atoms with E-state index in [1.54, 1.807) is 13.0 Å². The lowest BCUT2D eigenvalue weighted by molar-refractivity contribution is -0.158. The molecule has 8 heteroatoms. The molecular formula is C14H19N3O4S. The molecule has 7 nitrogen and oxygen atoms in total. The lowest BCUT2D eigenvalue weighted by atomic mass is 9.69. The molecule has 3 atom stereocenters. The quantitative estimate of drug-likeness (QED) is 0.539. The number of nitrogens with one attached hydrogen (secondary N) is 2. The Kier molecular flexibility index (Phi) is 6.00. The summed E-state index contributed by atoms with van der Waals surface area (Å²) in [5, 5.41) is 14.3. The normalized spacial score (nSPS) is 25.5. The molecule has 0 bridgehead atoms. The van der Waals surface area contributed by atoms with Gasteiger partial charge in [-0.1, -0.05) is 13.8 Å². The van der Waals surface area contributed by atoms with Gasteiger partial charge in [0.1, 0.15) is 5.78 Å². The monoisotopic (exact) mass is 325 g/mol. The van der Waals surface area contributed by atoms with E-state index in [4.69, 9.17) is 17.0 Å². The second kappa shape index (κ2) is 7.31. The molecule has 0 aromatic heterocycles. The highest BCUT2D eigenvalue weighted by Crippen LogP contribution is 2.34. The van der Waals surface area contributed by atoms with Crippen molar-refractivity contribution in [2.75, 3.05) is 7.11 Å². The Bertz CT molecular complexity index is 543. The van der Waals surface area contributed by atoms with E-state index in [2.05, 4.69) is 10.6 Å². The van der Waals surface area contributed by atoms with Gasteiger partial charge in [0.2, 0.25) is 5.91 Å². The third kappa shape index (κ3) is 2.95. The lowest BCUT2D eigenvalue weighted by Crippen LogP contribution is -2.73. The molecule has 1 aliphatic rings. The fraction of sp³-hybridized carbons (Fsp3) is 0.643. The summed E-state index contributed by atoms with van der Waals surface area (Å²) in [5.74, 6) is -4.04. The fourth-order valence-corrected chi connectivity index (χ4v) is 3.10. The predicted octanol–water partition coefficient (Wildman–Crippen LogP) is 0.438. The van der Waals surface area contributed by atoms with E-state index in [1.807, 2.05) is 6.92 Å². The maximum absolute atomic E-state index is 12.4. The van der Waals surface area contributed by atoms with Crippen LogP contribution in [-0.2, 0) is 19.1 Å². The Balaban J connectivity index is 3.49. The molecule has 0 aliphatic carbocycles. The van der Waals surface area contributed by atoms with Crippen LogP contribution in [0.5, 0.6) is 0 Å². The predicted molar refractivity (Wildman–Crippen MR) is 81.4 cm³/mol. The highest BCUT2D eigenvalue weighted by molar-refractivity contribution is 7.80. The van der Waals surface area contributed by atoms with Gasteiger partial charge in [0.05, 0.1) is 19.1 Å². The minimum Gasteiger partial charge on any atom is -0.467 e. The van der Waals surface area contributed by atoms with Gasteiger partial charge in [-0.2, -0.15) is 5.26 Å². The Morgan fingerprint density at radius 2 is 2.14 bits per heavy atom. The Hall–Kier alpha value is -2.01. The highest BCUT2D eigenvalue weighted by atomic mass is 32.1. The van der Waals surface area contributed by atoms with E-state index in [1.165, 1.54) is 0 Å². The molecule has 1 heterocycles. The van der Waals surface area contributed by atoms with Crippen LogP contribution in [0.1, 0.15) is 33.1 Å². The second-order valence-electron chi connectivity index (χ2n) is 5.04. The summed E-state index contributed by atoms with van der Waals surface area (Å²) in [4.78, 5) is 37.0. The van der Waals surface area contributed by atoms with E-state index < -0.39 is 29.3 Å². The van der Waals surface area contributed by atoms with Gasteiger partial charge in [0.15, 0.2) is 16.6 Å². The number of thiocarbonyl (C=S) groups is 1. The number of amides is 1. The molecule has 1 rings (SSSR count). The van der Waals surface area contributed by atoms with Crippen LogP contribution in [0.2, 0.25) is 0 Å². The molecule has 1 saturated heterocycles. The molecule has 0 radical (unpaired) electrons. The van der Waals surface area contributed by atoms with Crippen molar-refractivity contribution in [2.24, 2.45) is 11.8 Å². The first-order valence-electron chi connectivity index (χ1n) is 7.02. The van der Waals surface area contributed by atoms with Crippen molar-refractivity contribution in [2.45, 2.75) is 38.6 Å². The molecule has 1 aliphatic heterocycles. The number of carbonyl (C=O) groups excluding carboxylic acids is 3. The van der Waals surface area contributed by atoms with Crippen molar-refractivity contribution >= 4 is 35.0 Å². The van der Waals surface area contributed by atoms with Crippen LogP contribution in [0, 0.1) is 23.2 Å². The average Bonchev–Trinajstić information content (AvgIpc) is 2.46. The zero-order valence-corrected chi connectivity index (χ0v) is 13.6. The Morgan fingerprint density at radius 3 is 2.59 bits per heavy atom. The standard InChI is InChI=1S/C14H19N3O4S/c1-4-6-10(18)8(5-2)14(12(20)21-3)9(7-15)11(19)16-13(22)17-14/h8-9H,4-6H2,1-3H3,(H2,16,17,19,22)/t8-,9-,14-/m1/s1. The number of carbonyl (C=O) groups is 3. The van der Waals surface area contributed by atoms with Gasteiger partial charge in [0.25, 0.3) is 0 Å². The summed E-state index contributed by atoms with van der Waals surface area (Å²) < 4.78 is 4.79. The molecule has 1 fully saturated rings. The van der Waals surface area contributed by atoms with Crippen molar-refractivity contribution in [1.82, 2.24) is 10.6 Å². The van der Waals surface area contributed by atoms with Gasteiger partial charge < -0.3 is 15.4 Å². The molecule has 0 saturated carbocycles. The summed E-state index contributed by atoms with van der Waals surface area (Å²) >= 11 is 4.95. The average molecular weight is 325 g/mol. The number of nitrogens with zero attached hydrogens (tertiary/aromatic N) is 1. The third-order valence-electron chi connectivity index (χ3n) is 3.77. The summed E-state index contributed by atoms with van der Waals surface area (Å²) in [6.07, 6.45) is 1.11. The molecular weight excluding hydrogens is 306 g/mol. The SMILES string of the molecule is CCCC(=O)[C@@H](CC)[C@@]1(C(=O)OC)NC(=S)NC(=O)[C@H]1C#N. The van der Waals surface area contributed by atoms with Gasteiger partial charge >= 0.3 is 5.97 Å². The molecule has 1 amide bonds. The smallest absolute Gasteiger partial charge is 0.334 e. The van der Waals surface area contributed by atoms with Crippen LogP contribution in [0.15, 0.2) is 0 Å². The van der Waals surface area contributed by atoms with Gasteiger partial charge in [-0.3, -0.25) is 9.59 Å². The number of rotatable bonds is 6. The van der Waals surface area contributed by atoms with E-state index in [0.717, 1.165) is 7.11 Å². The fourth-order valence-electron chi connectivity index (χ4n) is 2.84. The van der Waals surface area contributed by atoms with Gasteiger partial charge in [-0.25, -0.2) is 4.79 Å². The molecule has 0 aromatic carbocycles. The van der Waals surface area contributed by atoms with E-state index >= 15 is 0 Å². The number of hydrogen-bond donors (Lipinski definition) is 2. The van der Waals surface area contributed by atoms with Crippen LogP contribution in [0.25, 0.3) is 0 Å². The summed E-state index contributed by atoms with van der Waals surface area (Å²) in [6, 6.07) is 1.80. The molecule has 120 valence electrons. The first kappa shape index (κ1) is 18.0. The maximum Gasteiger partial charge on any atom is 0.334 e. The number of ketones is 1. The van der Waals surface area contributed by atoms with E-state index in [0.29, 0.717) is 6.42 Å². The topological polar surface area (TPSA) is 108 Å². The summed E-state index contributed by atoms with van der Waals surface area (Å²) in [5.41, 5.74) is -1.79. The van der Waals surface area contributed by atoms with Crippen LogP contribution in [0.4, 0.5) is 0 Å². The number of methoxy groups -OCH3 is 1. The molecule has 0 unspecified atom stereocenters. The second-order valence-corrected chi connectivity index (χ2v) is 5.45. The van der Waals surface area contributed by atoms with Gasteiger partial charge in [-0.05, 0) is 25.1 Å². The number of nitriles is 1. The molecule has 0 spiro atoms. The highest BCUT2D eigenvalue weighted by Gasteiger charge is 2.60. The summed E-state index contributed by atoms with van der Waals surface area (Å²) in [6.45, 7) is 3.55. The number of esters is 1. The minimum absolute atomic E-state index is 0.0929.